The molecule has 5 heteroatoms. The number of nitrogens with zero attached hydrogens (tertiary/aromatic N) is 1. The molecule has 0 aromatic heterocycles. The summed E-state index contributed by atoms with van der Waals surface area (Å²) in [6.45, 7) is 3.92. The third kappa shape index (κ3) is 2.73. The van der Waals surface area contributed by atoms with E-state index < -0.39 is 6.04 Å². The molecule has 1 aromatic carbocycles. The molecular weight excluding hydrogens is 264 g/mol. The van der Waals surface area contributed by atoms with E-state index in [-0.39, 0.29) is 24.4 Å². The van der Waals surface area contributed by atoms with E-state index >= 15 is 0 Å². The average Bonchev–Trinajstić information content (AvgIpc) is 2.41. The van der Waals surface area contributed by atoms with Crippen LogP contribution in [0.1, 0.15) is 31.9 Å². The molecule has 1 aliphatic heterocycles. The number of carbonyl (C=O) groups excluding carboxylic acids is 2. The quantitative estimate of drug-likeness (QED) is 0.922. The molecule has 0 radical (unpaired) electrons. The van der Waals surface area contributed by atoms with Gasteiger partial charge in [-0.15, -0.1) is 0 Å². The van der Waals surface area contributed by atoms with Crippen molar-refractivity contribution in [3.05, 3.63) is 34.9 Å². The van der Waals surface area contributed by atoms with Gasteiger partial charge in [-0.3, -0.25) is 9.59 Å². The summed E-state index contributed by atoms with van der Waals surface area (Å²) in [6.07, 6.45) is 0.607. The molecule has 2 unspecified atom stereocenters. The predicted molar refractivity (Wildman–Crippen MR) is 73.8 cm³/mol. The van der Waals surface area contributed by atoms with Gasteiger partial charge in [0.2, 0.25) is 11.8 Å². The maximum atomic E-state index is 12.1. The second-order valence-corrected chi connectivity index (χ2v) is 5.11. The monoisotopic (exact) mass is 280 g/mol. The van der Waals surface area contributed by atoms with E-state index in [9.17, 15) is 9.59 Å². The van der Waals surface area contributed by atoms with Crippen LogP contribution in [0.15, 0.2) is 24.3 Å². The summed E-state index contributed by atoms with van der Waals surface area (Å²) < 4.78 is 0. The van der Waals surface area contributed by atoms with Gasteiger partial charge in [-0.25, -0.2) is 0 Å². The summed E-state index contributed by atoms with van der Waals surface area (Å²) in [5, 5.41) is 3.29. The summed E-state index contributed by atoms with van der Waals surface area (Å²) >= 11 is 5.87. The number of benzene rings is 1. The topological polar surface area (TPSA) is 49.4 Å². The highest BCUT2D eigenvalue weighted by Gasteiger charge is 2.36. The molecule has 0 bridgehead atoms. The van der Waals surface area contributed by atoms with Crippen molar-refractivity contribution in [2.45, 2.75) is 32.4 Å². The van der Waals surface area contributed by atoms with Gasteiger partial charge in [-0.2, -0.15) is 0 Å². The summed E-state index contributed by atoms with van der Waals surface area (Å²) in [6, 6.07) is 6.83. The molecule has 2 atom stereocenters. The van der Waals surface area contributed by atoms with E-state index in [2.05, 4.69) is 5.32 Å². The largest absolute Gasteiger partial charge is 0.345 e. The minimum Gasteiger partial charge on any atom is -0.345 e. The van der Waals surface area contributed by atoms with Crippen LogP contribution in [0.25, 0.3) is 0 Å². The van der Waals surface area contributed by atoms with E-state index in [1.54, 1.807) is 17.0 Å². The molecule has 1 heterocycles. The zero-order valence-corrected chi connectivity index (χ0v) is 11.8. The molecule has 19 heavy (non-hydrogen) atoms. The first-order chi connectivity index (χ1) is 9.04. The van der Waals surface area contributed by atoms with Crippen molar-refractivity contribution in [3.8, 4) is 0 Å². The maximum Gasteiger partial charge on any atom is 0.243 e. The van der Waals surface area contributed by atoms with E-state index in [0.29, 0.717) is 11.4 Å². The molecule has 2 rings (SSSR count). The third-order valence-electron chi connectivity index (χ3n) is 3.50. The Hall–Kier alpha value is -1.55. The molecule has 0 spiro atoms. The lowest BCUT2D eigenvalue weighted by Gasteiger charge is -2.39. The van der Waals surface area contributed by atoms with Crippen LogP contribution < -0.4 is 5.32 Å². The number of piperazine rings is 1. The standard InChI is InChI=1S/C14H17ClN2O2/c1-3-12-14(19)16-8-13(18)17(12)9(2)10-4-6-11(15)7-5-10/h4-7,9,12H,3,8H2,1-2H3,(H,16,19). The zero-order valence-electron chi connectivity index (χ0n) is 11.0. The molecule has 1 aromatic rings. The SMILES string of the molecule is CCC1C(=O)NCC(=O)N1C(C)c1ccc(Cl)cc1. The van der Waals surface area contributed by atoms with Crippen molar-refractivity contribution in [2.24, 2.45) is 0 Å². The number of halogens is 1. The Balaban J connectivity index is 2.28. The molecule has 1 saturated heterocycles. The Morgan fingerprint density at radius 1 is 1.37 bits per heavy atom. The maximum absolute atomic E-state index is 12.1. The van der Waals surface area contributed by atoms with Crippen molar-refractivity contribution in [1.29, 1.82) is 0 Å². The fraction of sp³-hybridized carbons (Fsp3) is 0.429. The van der Waals surface area contributed by atoms with Gasteiger partial charge in [0.25, 0.3) is 0 Å². The van der Waals surface area contributed by atoms with Crippen LogP contribution in [-0.4, -0.2) is 29.3 Å². The molecule has 1 N–H and O–H groups in total. The van der Waals surface area contributed by atoms with Crippen LogP contribution in [0.5, 0.6) is 0 Å². The number of rotatable bonds is 3. The lowest BCUT2D eigenvalue weighted by molar-refractivity contribution is -0.148. The molecule has 102 valence electrons. The van der Waals surface area contributed by atoms with Crippen LogP contribution in [0.3, 0.4) is 0 Å². The molecule has 4 nitrogen and oxygen atoms in total. The van der Waals surface area contributed by atoms with Crippen molar-refractivity contribution in [1.82, 2.24) is 10.2 Å². The second-order valence-electron chi connectivity index (χ2n) is 4.67. The molecule has 2 amide bonds. The Morgan fingerprint density at radius 2 is 2.00 bits per heavy atom. The van der Waals surface area contributed by atoms with E-state index in [1.165, 1.54) is 0 Å². The van der Waals surface area contributed by atoms with Crippen molar-refractivity contribution in [2.75, 3.05) is 6.54 Å². The summed E-state index contributed by atoms with van der Waals surface area (Å²) in [5.74, 6) is -0.128. The number of carbonyl (C=O) groups is 2. The third-order valence-corrected chi connectivity index (χ3v) is 3.75. The van der Waals surface area contributed by atoms with E-state index in [1.807, 2.05) is 26.0 Å². The first-order valence-corrected chi connectivity index (χ1v) is 6.76. The molecule has 1 fully saturated rings. The number of hydrogen-bond acceptors (Lipinski definition) is 2. The first kappa shape index (κ1) is 13.9. The van der Waals surface area contributed by atoms with Gasteiger partial charge in [0.1, 0.15) is 6.04 Å². The zero-order chi connectivity index (χ0) is 14.0. The van der Waals surface area contributed by atoms with Crippen molar-refractivity contribution < 1.29 is 9.59 Å². The Morgan fingerprint density at radius 3 is 2.58 bits per heavy atom. The van der Waals surface area contributed by atoms with Gasteiger partial charge < -0.3 is 10.2 Å². The van der Waals surface area contributed by atoms with Crippen LogP contribution in [-0.2, 0) is 9.59 Å². The average molecular weight is 281 g/mol. The van der Waals surface area contributed by atoms with Gasteiger partial charge in [0.15, 0.2) is 0 Å². The normalized spacial score (nSPS) is 21.2. The van der Waals surface area contributed by atoms with E-state index in [0.717, 1.165) is 5.56 Å². The van der Waals surface area contributed by atoms with Crippen LogP contribution in [0.2, 0.25) is 5.02 Å². The Labute approximate surface area is 117 Å². The van der Waals surface area contributed by atoms with Crippen LogP contribution >= 0.6 is 11.6 Å². The van der Waals surface area contributed by atoms with E-state index in [4.69, 9.17) is 11.6 Å². The highest BCUT2D eigenvalue weighted by atomic mass is 35.5. The number of amides is 2. The summed E-state index contributed by atoms with van der Waals surface area (Å²) in [5.41, 5.74) is 0.978. The van der Waals surface area contributed by atoms with Crippen LogP contribution in [0, 0.1) is 0 Å². The minimum atomic E-state index is -0.396. The fourth-order valence-corrected chi connectivity index (χ4v) is 2.57. The Kier molecular flexibility index (Phi) is 4.10. The lowest BCUT2D eigenvalue weighted by Crippen LogP contribution is -2.58. The lowest BCUT2D eigenvalue weighted by atomic mass is 10.0. The molecule has 0 aliphatic carbocycles. The highest BCUT2D eigenvalue weighted by molar-refractivity contribution is 6.30. The smallest absolute Gasteiger partial charge is 0.243 e. The summed E-state index contributed by atoms with van der Waals surface area (Å²) in [7, 11) is 0. The molecule has 0 saturated carbocycles. The van der Waals surface area contributed by atoms with Gasteiger partial charge in [-0.1, -0.05) is 30.7 Å². The van der Waals surface area contributed by atoms with Crippen LogP contribution in [0.4, 0.5) is 0 Å². The highest BCUT2D eigenvalue weighted by Crippen LogP contribution is 2.26. The predicted octanol–water partition coefficient (Wildman–Crippen LogP) is 2.14. The van der Waals surface area contributed by atoms with Crippen molar-refractivity contribution >= 4 is 23.4 Å². The molecule has 1 aliphatic rings. The van der Waals surface area contributed by atoms with Gasteiger partial charge in [-0.05, 0) is 31.0 Å². The first-order valence-electron chi connectivity index (χ1n) is 6.39. The fourth-order valence-electron chi connectivity index (χ4n) is 2.44. The van der Waals surface area contributed by atoms with Gasteiger partial charge >= 0.3 is 0 Å². The van der Waals surface area contributed by atoms with Crippen molar-refractivity contribution in [3.63, 3.8) is 0 Å². The minimum absolute atomic E-state index is 0.0473. The molecular formula is C14H17ClN2O2. The second kappa shape index (κ2) is 5.61. The van der Waals surface area contributed by atoms with Gasteiger partial charge in [0, 0.05) is 5.02 Å². The number of nitrogens with one attached hydrogen (secondary N) is 1. The van der Waals surface area contributed by atoms with Gasteiger partial charge in [0.05, 0.1) is 12.6 Å². The Bertz CT molecular complexity index is 487. The number of hydrogen-bond donors (Lipinski definition) is 1. The summed E-state index contributed by atoms with van der Waals surface area (Å²) in [4.78, 5) is 25.6.